The number of amides is 1. The largest absolute Gasteiger partial charge is 0.351 e. The molecule has 3 heterocycles. The molecule has 3 aromatic rings. The predicted octanol–water partition coefficient (Wildman–Crippen LogP) is 3.29. The molecule has 0 spiro atoms. The van der Waals surface area contributed by atoms with Gasteiger partial charge in [0, 0.05) is 74.7 Å². The van der Waals surface area contributed by atoms with Crippen molar-refractivity contribution >= 4 is 17.5 Å². The van der Waals surface area contributed by atoms with E-state index in [9.17, 15) is 4.79 Å². The van der Waals surface area contributed by atoms with E-state index in [1.165, 1.54) is 0 Å². The third-order valence-electron chi connectivity index (χ3n) is 5.32. The Bertz CT molecular complexity index is 1000. The Morgan fingerprint density at radius 1 is 1.00 bits per heavy atom. The highest BCUT2D eigenvalue weighted by Gasteiger charge is 2.14. The molecule has 1 amide bonds. The number of rotatable bonds is 7. The summed E-state index contributed by atoms with van der Waals surface area (Å²) in [5.74, 6) is 0.395. The van der Waals surface area contributed by atoms with Gasteiger partial charge in [-0.3, -0.25) is 14.7 Å². The summed E-state index contributed by atoms with van der Waals surface area (Å²) in [7, 11) is 2.14. The van der Waals surface area contributed by atoms with Crippen LogP contribution in [0.15, 0.2) is 61.1 Å². The normalized spacial score (nSPS) is 14.2. The molecule has 1 aliphatic rings. The molecule has 2 aromatic heterocycles. The minimum absolute atomic E-state index is 0.0794. The Morgan fingerprint density at radius 2 is 1.76 bits per heavy atom. The molecule has 0 aliphatic carbocycles. The van der Waals surface area contributed by atoms with Crippen molar-refractivity contribution in [3.63, 3.8) is 0 Å². The lowest BCUT2D eigenvalue weighted by Crippen LogP contribution is -2.46. The van der Waals surface area contributed by atoms with Gasteiger partial charge in [-0.1, -0.05) is 19.9 Å². The number of carbonyl (C=O) groups excluding carboxylic acids is 1. The van der Waals surface area contributed by atoms with Gasteiger partial charge < -0.3 is 15.5 Å². The minimum atomic E-state index is -0.0794. The standard InChI is InChI=1S/C23H27N7O.C2H6/c1-29-13-15-30(16-14-29)12-11-25-22(31)19-3-2-4-20(17-19)27-23-26-10-7-21(28-23)18-5-8-24-9-6-18;1-2/h2-10,17H,11-16H2,1H3,(H,25,31)(H,26,27,28);1-2H3. The zero-order valence-corrected chi connectivity index (χ0v) is 19.7. The van der Waals surface area contributed by atoms with E-state index in [0.717, 1.165) is 49.7 Å². The molecule has 1 aromatic carbocycles. The fourth-order valence-corrected chi connectivity index (χ4v) is 3.47. The summed E-state index contributed by atoms with van der Waals surface area (Å²) in [6.07, 6.45) is 5.17. The molecule has 0 unspecified atom stereocenters. The number of aromatic nitrogens is 3. The zero-order chi connectivity index (χ0) is 23.5. The number of nitrogens with zero attached hydrogens (tertiary/aromatic N) is 5. The molecule has 8 heteroatoms. The number of benzene rings is 1. The number of anilines is 2. The molecule has 0 bridgehead atoms. The van der Waals surface area contributed by atoms with E-state index in [1.54, 1.807) is 18.6 Å². The van der Waals surface area contributed by atoms with Gasteiger partial charge in [-0.15, -0.1) is 0 Å². The van der Waals surface area contributed by atoms with Crippen molar-refractivity contribution in [2.45, 2.75) is 13.8 Å². The van der Waals surface area contributed by atoms with Crippen LogP contribution in [-0.4, -0.2) is 77.0 Å². The molecule has 1 fully saturated rings. The van der Waals surface area contributed by atoms with Crippen LogP contribution in [-0.2, 0) is 0 Å². The van der Waals surface area contributed by atoms with Gasteiger partial charge in [-0.25, -0.2) is 9.97 Å². The molecule has 1 saturated heterocycles. The molecule has 0 radical (unpaired) electrons. The summed E-state index contributed by atoms with van der Waals surface area (Å²) in [5, 5.41) is 6.21. The topological polar surface area (TPSA) is 86.3 Å². The summed E-state index contributed by atoms with van der Waals surface area (Å²) >= 11 is 0. The average Bonchev–Trinajstić information content (AvgIpc) is 2.87. The number of hydrogen-bond acceptors (Lipinski definition) is 7. The molecular weight excluding hydrogens is 414 g/mol. The lowest BCUT2D eigenvalue weighted by atomic mass is 10.2. The van der Waals surface area contributed by atoms with Gasteiger partial charge in [0.2, 0.25) is 5.95 Å². The van der Waals surface area contributed by atoms with Gasteiger partial charge in [0.25, 0.3) is 5.91 Å². The highest BCUT2D eigenvalue weighted by atomic mass is 16.1. The summed E-state index contributed by atoms with van der Waals surface area (Å²) in [6.45, 7) is 9.75. The highest BCUT2D eigenvalue weighted by Crippen LogP contribution is 2.19. The number of piperazine rings is 1. The molecule has 2 N–H and O–H groups in total. The SMILES string of the molecule is CC.CN1CCN(CCNC(=O)c2cccc(Nc3nccc(-c4ccncc4)n3)c2)CC1. The van der Waals surface area contributed by atoms with Crippen molar-refractivity contribution in [3.8, 4) is 11.3 Å². The van der Waals surface area contributed by atoms with Crippen LogP contribution in [0, 0.1) is 0 Å². The van der Waals surface area contributed by atoms with Crippen LogP contribution >= 0.6 is 0 Å². The number of likely N-dealkylation sites (N-methyl/N-ethyl adjacent to an activating group) is 1. The smallest absolute Gasteiger partial charge is 0.251 e. The Balaban J connectivity index is 0.00000149. The van der Waals surface area contributed by atoms with Crippen molar-refractivity contribution in [2.24, 2.45) is 0 Å². The van der Waals surface area contributed by atoms with E-state index >= 15 is 0 Å². The van der Waals surface area contributed by atoms with Crippen molar-refractivity contribution < 1.29 is 4.79 Å². The molecule has 33 heavy (non-hydrogen) atoms. The highest BCUT2D eigenvalue weighted by molar-refractivity contribution is 5.95. The van der Waals surface area contributed by atoms with E-state index < -0.39 is 0 Å². The van der Waals surface area contributed by atoms with Crippen LogP contribution in [0.3, 0.4) is 0 Å². The monoisotopic (exact) mass is 447 g/mol. The molecule has 0 saturated carbocycles. The zero-order valence-electron chi connectivity index (χ0n) is 19.7. The van der Waals surface area contributed by atoms with E-state index in [-0.39, 0.29) is 5.91 Å². The second kappa shape index (κ2) is 12.6. The summed E-state index contributed by atoms with van der Waals surface area (Å²) in [4.78, 5) is 30.2. The molecule has 174 valence electrons. The van der Waals surface area contributed by atoms with Crippen molar-refractivity contribution in [1.82, 2.24) is 30.1 Å². The van der Waals surface area contributed by atoms with Crippen LogP contribution in [0.1, 0.15) is 24.2 Å². The lowest BCUT2D eigenvalue weighted by Gasteiger charge is -2.32. The third kappa shape index (κ3) is 7.34. The maximum Gasteiger partial charge on any atom is 0.251 e. The van der Waals surface area contributed by atoms with Gasteiger partial charge in [0.15, 0.2) is 0 Å². The average molecular weight is 448 g/mol. The van der Waals surface area contributed by atoms with Crippen LogP contribution in [0.25, 0.3) is 11.3 Å². The van der Waals surface area contributed by atoms with E-state index in [4.69, 9.17) is 0 Å². The number of nitrogens with one attached hydrogen (secondary N) is 2. The summed E-state index contributed by atoms with van der Waals surface area (Å²) in [6, 6.07) is 13.0. The van der Waals surface area contributed by atoms with E-state index in [1.807, 2.05) is 56.3 Å². The van der Waals surface area contributed by atoms with E-state index in [2.05, 4.69) is 42.4 Å². The van der Waals surface area contributed by atoms with Crippen LogP contribution in [0.4, 0.5) is 11.6 Å². The molecule has 8 nitrogen and oxygen atoms in total. The van der Waals surface area contributed by atoms with Crippen LogP contribution < -0.4 is 10.6 Å². The minimum Gasteiger partial charge on any atom is -0.351 e. The fraction of sp³-hybridized carbons (Fsp3) is 0.360. The molecule has 1 aliphatic heterocycles. The Morgan fingerprint density at radius 3 is 2.52 bits per heavy atom. The first-order valence-electron chi connectivity index (χ1n) is 11.5. The number of pyridine rings is 1. The van der Waals surface area contributed by atoms with Crippen LogP contribution in [0.2, 0.25) is 0 Å². The molecule has 0 atom stereocenters. The second-order valence-corrected chi connectivity index (χ2v) is 7.61. The van der Waals surface area contributed by atoms with Gasteiger partial charge in [-0.2, -0.15) is 0 Å². The first-order chi connectivity index (χ1) is 16.2. The second-order valence-electron chi connectivity index (χ2n) is 7.61. The Kier molecular flexibility index (Phi) is 9.29. The quantitative estimate of drug-likeness (QED) is 0.575. The van der Waals surface area contributed by atoms with Gasteiger partial charge in [0.1, 0.15) is 0 Å². The van der Waals surface area contributed by atoms with Gasteiger partial charge >= 0.3 is 0 Å². The molecule has 4 rings (SSSR count). The summed E-state index contributed by atoms with van der Waals surface area (Å²) in [5.41, 5.74) is 3.14. The number of hydrogen-bond donors (Lipinski definition) is 2. The number of carbonyl (C=O) groups is 1. The van der Waals surface area contributed by atoms with Crippen molar-refractivity contribution in [3.05, 3.63) is 66.6 Å². The Hall–Kier alpha value is -3.36. The lowest BCUT2D eigenvalue weighted by molar-refractivity contribution is 0.0941. The maximum absolute atomic E-state index is 12.6. The van der Waals surface area contributed by atoms with Gasteiger partial charge in [-0.05, 0) is 43.4 Å². The molecular formula is C25H33N7O. The fourth-order valence-electron chi connectivity index (χ4n) is 3.47. The first kappa shape index (κ1) is 24.3. The third-order valence-corrected chi connectivity index (χ3v) is 5.32. The van der Waals surface area contributed by atoms with Gasteiger partial charge in [0.05, 0.1) is 5.69 Å². The van der Waals surface area contributed by atoms with Crippen LogP contribution in [0.5, 0.6) is 0 Å². The predicted molar refractivity (Wildman–Crippen MR) is 133 cm³/mol. The van der Waals surface area contributed by atoms with E-state index in [0.29, 0.717) is 18.1 Å². The maximum atomic E-state index is 12.6. The first-order valence-corrected chi connectivity index (χ1v) is 11.5. The van der Waals surface area contributed by atoms with Crippen molar-refractivity contribution in [1.29, 1.82) is 0 Å². The Labute approximate surface area is 196 Å². The van der Waals surface area contributed by atoms with Crippen molar-refractivity contribution in [2.75, 3.05) is 51.6 Å². The summed E-state index contributed by atoms with van der Waals surface area (Å²) < 4.78 is 0.